The molecule has 2 aromatic rings. The largest absolute Gasteiger partial charge is 0.398 e. The Morgan fingerprint density at radius 3 is 2.50 bits per heavy atom. The van der Waals surface area contributed by atoms with E-state index < -0.39 is 17.0 Å². The van der Waals surface area contributed by atoms with E-state index in [-0.39, 0.29) is 16.1 Å². The van der Waals surface area contributed by atoms with E-state index in [2.05, 4.69) is 0 Å². The van der Waals surface area contributed by atoms with Crippen molar-refractivity contribution in [1.29, 1.82) is 0 Å². The third-order valence-corrected chi connectivity index (χ3v) is 3.28. The Hall–Kier alpha value is -2.34. The van der Waals surface area contributed by atoms with Gasteiger partial charge in [0.2, 0.25) is 0 Å². The minimum atomic E-state index is -0.647. The molecule has 2 rings (SSSR count). The van der Waals surface area contributed by atoms with E-state index in [9.17, 15) is 14.4 Å². The van der Waals surface area contributed by atoms with Gasteiger partial charge in [0.15, 0.2) is 5.78 Å². The van der Waals surface area contributed by atoms with Gasteiger partial charge in [-0.1, -0.05) is 11.6 Å². The molecule has 1 aromatic carbocycles. The zero-order chi connectivity index (χ0) is 15.0. The Kier molecular flexibility index (Phi) is 3.50. The SMILES string of the molecule is Cn1cc(C(=O)c2ccc(N)c(Cl)c2)c(=O)n(C)c1=O. The second kappa shape index (κ2) is 4.97. The molecule has 20 heavy (non-hydrogen) atoms. The normalized spacial score (nSPS) is 10.6. The summed E-state index contributed by atoms with van der Waals surface area (Å²) in [5, 5.41) is 0.234. The fraction of sp³-hybridized carbons (Fsp3) is 0.154. The first kappa shape index (κ1) is 14.1. The van der Waals surface area contributed by atoms with Crippen LogP contribution in [-0.2, 0) is 14.1 Å². The minimum absolute atomic E-state index is 0.101. The topological polar surface area (TPSA) is 87.1 Å². The number of nitrogen functional groups attached to an aromatic ring is 1. The Morgan fingerprint density at radius 2 is 1.90 bits per heavy atom. The summed E-state index contributed by atoms with van der Waals surface area (Å²) in [5.74, 6) is -0.511. The summed E-state index contributed by atoms with van der Waals surface area (Å²) in [5.41, 5.74) is 4.90. The van der Waals surface area contributed by atoms with Gasteiger partial charge in [-0.05, 0) is 18.2 Å². The summed E-state index contributed by atoms with van der Waals surface area (Å²) < 4.78 is 2.06. The molecule has 7 heteroatoms. The van der Waals surface area contributed by atoms with Crippen LogP contribution in [0.4, 0.5) is 5.69 Å². The lowest BCUT2D eigenvalue weighted by Gasteiger charge is -2.07. The van der Waals surface area contributed by atoms with Crippen LogP contribution in [0.25, 0.3) is 0 Å². The van der Waals surface area contributed by atoms with Crippen LogP contribution < -0.4 is 17.0 Å². The molecule has 0 spiro atoms. The third kappa shape index (κ3) is 2.25. The highest BCUT2D eigenvalue weighted by Gasteiger charge is 2.17. The number of aromatic nitrogens is 2. The highest BCUT2D eigenvalue weighted by Crippen LogP contribution is 2.20. The Labute approximate surface area is 119 Å². The Bertz CT molecular complexity index is 821. The fourth-order valence-corrected chi connectivity index (χ4v) is 1.97. The molecule has 0 aliphatic heterocycles. The van der Waals surface area contributed by atoms with Gasteiger partial charge in [-0.15, -0.1) is 0 Å². The van der Waals surface area contributed by atoms with Crippen LogP contribution in [-0.4, -0.2) is 14.9 Å². The molecular formula is C13H12ClN3O3. The molecule has 0 bridgehead atoms. The molecule has 6 nitrogen and oxygen atoms in total. The average molecular weight is 294 g/mol. The monoisotopic (exact) mass is 293 g/mol. The minimum Gasteiger partial charge on any atom is -0.398 e. The number of benzene rings is 1. The van der Waals surface area contributed by atoms with Crippen LogP contribution in [0.15, 0.2) is 34.0 Å². The van der Waals surface area contributed by atoms with Crippen LogP contribution in [0.2, 0.25) is 5.02 Å². The van der Waals surface area contributed by atoms with Crippen molar-refractivity contribution in [2.45, 2.75) is 0 Å². The Morgan fingerprint density at radius 1 is 1.25 bits per heavy atom. The van der Waals surface area contributed by atoms with Gasteiger partial charge in [-0.2, -0.15) is 0 Å². The van der Waals surface area contributed by atoms with Gasteiger partial charge in [0.25, 0.3) is 5.56 Å². The van der Waals surface area contributed by atoms with Crippen molar-refractivity contribution in [2.75, 3.05) is 5.73 Å². The molecule has 0 saturated carbocycles. The molecular weight excluding hydrogens is 282 g/mol. The molecule has 0 atom stereocenters. The van der Waals surface area contributed by atoms with Gasteiger partial charge in [-0.25, -0.2) is 4.79 Å². The zero-order valence-corrected chi connectivity index (χ0v) is 11.6. The smallest absolute Gasteiger partial charge is 0.330 e. The second-order valence-electron chi connectivity index (χ2n) is 4.37. The van der Waals surface area contributed by atoms with Gasteiger partial charge >= 0.3 is 5.69 Å². The highest BCUT2D eigenvalue weighted by atomic mass is 35.5. The van der Waals surface area contributed by atoms with E-state index in [0.717, 1.165) is 4.57 Å². The number of hydrogen-bond acceptors (Lipinski definition) is 4. The van der Waals surface area contributed by atoms with Crippen molar-refractivity contribution in [3.63, 3.8) is 0 Å². The van der Waals surface area contributed by atoms with Crippen LogP contribution in [0, 0.1) is 0 Å². The Balaban J connectivity index is 2.62. The summed E-state index contributed by atoms with van der Waals surface area (Å²) in [4.78, 5) is 35.9. The van der Waals surface area contributed by atoms with Crippen molar-refractivity contribution >= 4 is 23.1 Å². The van der Waals surface area contributed by atoms with Crippen LogP contribution in [0.5, 0.6) is 0 Å². The quantitative estimate of drug-likeness (QED) is 0.647. The summed E-state index contributed by atoms with van der Waals surface area (Å²) >= 11 is 5.86. The summed E-state index contributed by atoms with van der Waals surface area (Å²) in [6, 6.07) is 4.36. The first-order chi connectivity index (χ1) is 9.32. The highest BCUT2D eigenvalue weighted by molar-refractivity contribution is 6.33. The molecule has 104 valence electrons. The number of anilines is 1. The summed E-state index contributed by atoms with van der Waals surface area (Å²) in [6.07, 6.45) is 1.22. The number of aryl methyl sites for hydroxylation is 1. The number of nitrogens with zero attached hydrogens (tertiary/aromatic N) is 2. The van der Waals surface area contributed by atoms with E-state index in [1.165, 1.54) is 43.1 Å². The molecule has 0 radical (unpaired) electrons. The molecule has 1 heterocycles. The number of halogens is 1. The molecule has 0 aliphatic carbocycles. The summed E-state index contributed by atoms with van der Waals surface area (Å²) in [6.45, 7) is 0. The first-order valence-electron chi connectivity index (χ1n) is 5.69. The molecule has 0 unspecified atom stereocenters. The van der Waals surface area contributed by atoms with Crippen LogP contribution >= 0.6 is 11.6 Å². The zero-order valence-electron chi connectivity index (χ0n) is 10.9. The van der Waals surface area contributed by atoms with Crippen molar-refractivity contribution in [1.82, 2.24) is 9.13 Å². The molecule has 0 aliphatic rings. The van der Waals surface area contributed by atoms with Crippen molar-refractivity contribution in [3.05, 3.63) is 61.4 Å². The van der Waals surface area contributed by atoms with Crippen molar-refractivity contribution < 1.29 is 4.79 Å². The lowest BCUT2D eigenvalue weighted by Crippen LogP contribution is -2.39. The van der Waals surface area contributed by atoms with E-state index in [0.29, 0.717) is 5.69 Å². The van der Waals surface area contributed by atoms with E-state index in [1.54, 1.807) is 0 Å². The number of hydrogen-bond donors (Lipinski definition) is 1. The van der Waals surface area contributed by atoms with E-state index in [4.69, 9.17) is 17.3 Å². The maximum absolute atomic E-state index is 12.3. The summed E-state index contributed by atoms with van der Waals surface area (Å²) in [7, 11) is 2.78. The van der Waals surface area contributed by atoms with Gasteiger partial charge < -0.3 is 10.3 Å². The molecule has 1 aromatic heterocycles. The van der Waals surface area contributed by atoms with Crippen molar-refractivity contribution in [2.24, 2.45) is 14.1 Å². The lowest BCUT2D eigenvalue weighted by atomic mass is 10.1. The molecule has 0 amide bonds. The van der Waals surface area contributed by atoms with E-state index >= 15 is 0 Å². The first-order valence-corrected chi connectivity index (χ1v) is 6.07. The molecule has 2 N–H and O–H groups in total. The maximum Gasteiger partial charge on any atom is 0.330 e. The standard InChI is InChI=1S/C13H12ClN3O3/c1-16-6-8(12(19)17(2)13(16)20)11(18)7-3-4-10(15)9(14)5-7/h3-6H,15H2,1-2H3. The maximum atomic E-state index is 12.3. The fourth-order valence-electron chi connectivity index (χ4n) is 1.79. The van der Waals surface area contributed by atoms with E-state index in [1.807, 2.05) is 0 Å². The molecule has 0 saturated heterocycles. The number of carbonyl (C=O) groups is 1. The van der Waals surface area contributed by atoms with Crippen LogP contribution in [0.3, 0.4) is 0 Å². The predicted octanol–water partition coefficient (Wildman–Crippen LogP) is 0.551. The number of ketones is 1. The third-order valence-electron chi connectivity index (χ3n) is 2.95. The van der Waals surface area contributed by atoms with Gasteiger partial charge in [0, 0.05) is 25.9 Å². The van der Waals surface area contributed by atoms with Crippen LogP contribution in [0.1, 0.15) is 15.9 Å². The number of carbonyl (C=O) groups excluding carboxylic acids is 1. The average Bonchev–Trinajstić information content (AvgIpc) is 2.43. The van der Waals surface area contributed by atoms with Crippen molar-refractivity contribution in [3.8, 4) is 0 Å². The predicted molar refractivity (Wildman–Crippen MR) is 76.2 cm³/mol. The van der Waals surface area contributed by atoms with Gasteiger partial charge in [-0.3, -0.25) is 14.2 Å². The van der Waals surface area contributed by atoms with Gasteiger partial charge in [0.1, 0.15) is 5.56 Å². The number of rotatable bonds is 2. The van der Waals surface area contributed by atoms with Gasteiger partial charge in [0.05, 0.1) is 10.7 Å². The second-order valence-corrected chi connectivity index (χ2v) is 4.77. The lowest BCUT2D eigenvalue weighted by molar-refractivity contribution is 0.103. The number of nitrogens with two attached hydrogens (primary N) is 1. The molecule has 0 fully saturated rings.